The normalized spacial score (nSPS) is 14.4. The third kappa shape index (κ3) is 4.38. The smallest absolute Gasteiger partial charge is 0.321 e. The summed E-state index contributed by atoms with van der Waals surface area (Å²) in [6.45, 7) is 5.59. The number of hydrogen-bond acceptors (Lipinski definition) is 7. The Labute approximate surface area is 154 Å². The van der Waals surface area contributed by atoms with Gasteiger partial charge in [0.05, 0.1) is 11.8 Å². The summed E-state index contributed by atoms with van der Waals surface area (Å²) in [5.41, 5.74) is 0. The highest BCUT2D eigenvalue weighted by molar-refractivity contribution is 7.18. The number of rotatable bonds is 6. The van der Waals surface area contributed by atoms with E-state index in [4.69, 9.17) is 5.11 Å². The van der Waals surface area contributed by atoms with Crippen LogP contribution in [0.3, 0.4) is 0 Å². The Hall–Kier alpha value is -2.46. The molecule has 2 aromatic heterocycles. The molecular weight excluding hydrogens is 356 g/mol. The second-order valence-corrected chi connectivity index (χ2v) is 7.03. The average Bonchev–Trinajstić information content (AvgIpc) is 3.04. The SMILES string of the molecule is CCc1cc2c(N3CCNCC3)nc(NC(=O)NCCC(=O)O)nc2s1. The van der Waals surface area contributed by atoms with Crippen LogP contribution in [0.5, 0.6) is 0 Å². The van der Waals surface area contributed by atoms with Gasteiger partial charge in [-0.05, 0) is 12.5 Å². The maximum absolute atomic E-state index is 12.0. The topological polar surface area (TPSA) is 119 Å². The van der Waals surface area contributed by atoms with Crippen molar-refractivity contribution in [3.05, 3.63) is 10.9 Å². The number of aliphatic carboxylic acids is 1. The summed E-state index contributed by atoms with van der Waals surface area (Å²) in [5.74, 6) is 0.0892. The van der Waals surface area contributed by atoms with E-state index < -0.39 is 12.0 Å². The molecule has 1 fully saturated rings. The van der Waals surface area contributed by atoms with Crippen LogP contribution >= 0.6 is 11.3 Å². The monoisotopic (exact) mass is 378 g/mol. The van der Waals surface area contributed by atoms with Crippen molar-refractivity contribution in [3.63, 3.8) is 0 Å². The Morgan fingerprint density at radius 2 is 2.12 bits per heavy atom. The minimum absolute atomic E-state index is 0.0487. The summed E-state index contributed by atoms with van der Waals surface area (Å²) in [6.07, 6.45) is 0.782. The number of nitrogens with one attached hydrogen (secondary N) is 3. The molecular formula is C16H22N6O3S. The lowest BCUT2D eigenvalue weighted by Gasteiger charge is -2.29. The van der Waals surface area contributed by atoms with E-state index in [0.29, 0.717) is 0 Å². The fraction of sp³-hybridized carbons (Fsp3) is 0.500. The number of piperazine rings is 1. The molecule has 1 aliphatic rings. The Morgan fingerprint density at radius 3 is 2.81 bits per heavy atom. The number of carbonyl (C=O) groups excluding carboxylic acids is 1. The number of carboxylic acids is 1. The van der Waals surface area contributed by atoms with Crippen molar-refractivity contribution in [2.45, 2.75) is 19.8 Å². The molecule has 0 atom stereocenters. The number of thiophene rings is 1. The van der Waals surface area contributed by atoms with Gasteiger partial charge < -0.3 is 20.6 Å². The molecule has 1 aliphatic heterocycles. The standard InChI is InChI=1S/C16H22N6O3S/c1-2-10-9-11-13(22-7-5-17-6-8-22)19-15(20-14(11)26-10)21-16(25)18-4-3-12(23)24/h9,17H,2-8H2,1H3,(H,23,24)(H2,18,19,20,21,25). The molecule has 0 spiro atoms. The third-order valence-corrected chi connectivity index (χ3v) is 5.21. The van der Waals surface area contributed by atoms with Crippen LogP contribution in [0, 0.1) is 0 Å². The van der Waals surface area contributed by atoms with E-state index in [0.717, 1.165) is 48.6 Å². The first kappa shape index (κ1) is 18.3. The minimum atomic E-state index is -0.963. The van der Waals surface area contributed by atoms with Crippen LogP contribution in [-0.4, -0.2) is 59.8 Å². The molecule has 4 N–H and O–H groups in total. The van der Waals surface area contributed by atoms with E-state index >= 15 is 0 Å². The average molecular weight is 378 g/mol. The number of urea groups is 1. The Balaban J connectivity index is 1.83. The zero-order valence-electron chi connectivity index (χ0n) is 14.5. The minimum Gasteiger partial charge on any atom is -0.481 e. The number of hydrogen-bond donors (Lipinski definition) is 4. The Kier molecular flexibility index (Phi) is 5.84. The second kappa shape index (κ2) is 8.28. The predicted octanol–water partition coefficient (Wildman–Crippen LogP) is 1.26. The molecule has 0 saturated carbocycles. The van der Waals surface area contributed by atoms with E-state index in [2.05, 4.69) is 43.8 Å². The van der Waals surface area contributed by atoms with Gasteiger partial charge >= 0.3 is 12.0 Å². The van der Waals surface area contributed by atoms with E-state index in [1.165, 1.54) is 4.88 Å². The van der Waals surface area contributed by atoms with E-state index in [9.17, 15) is 9.59 Å². The van der Waals surface area contributed by atoms with Crippen LogP contribution in [0.15, 0.2) is 6.07 Å². The predicted molar refractivity (Wildman–Crippen MR) is 101 cm³/mol. The first-order valence-corrected chi connectivity index (χ1v) is 9.41. The van der Waals surface area contributed by atoms with Gasteiger partial charge in [0.1, 0.15) is 10.6 Å². The van der Waals surface area contributed by atoms with E-state index in [1.807, 2.05) is 0 Å². The Morgan fingerprint density at radius 1 is 1.35 bits per heavy atom. The lowest BCUT2D eigenvalue weighted by atomic mass is 10.2. The van der Waals surface area contributed by atoms with E-state index in [-0.39, 0.29) is 18.9 Å². The van der Waals surface area contributed by atoms with Crippen LogP contribution in [0.25, 0.3) is 10.2 Å². The molecule has 0 radical (unpaired) electrons. The molecule has 0 unspecified atom stereocenters. The highest BCUT2D eigenvalue weighted by Gasteiger charge is 2.19. The number of aryl methyl sites for hydroxylation is 1. The van der Waals surface area contributed by atoms with Crippen molar-refractivity contribution >= 4 is 45.3 Å². The van der Waals surface area contributed by atoms with Gasteiger partial charge in [0.25, 0.3) is 0 Å². The third-order valence-electron chi connectivity index (χ3n) is 4.04. The largest absolute Gasteiger partial charge is 0.481 e. The molecule has 3 rings (SSSR count). The van der Waals surface area contributed by atoms with Gasteiger partial charge in [-0.2, -0.15) is 4.98 Å². The molecule has 9 nitrogen and oxygen atoms in total. The van der Waals surface area contributed by atoms with Crippen LogP contribution in [0.4, 0.5) is 16.6 Å². The molecule has 1 saturated heterocycles. The molecule has 26 heavy (non-hydrogen) atoms. The van der Waals surface area contributed by atoms with Crippen molar-refractivity contribution in [1.82, 2.24) is 20.6 Å². The van der Waals surface area contributed by atoms with Crippen molar-refractivity contribution in [1.29, 1.82) is 0 Å². The maximum Gasteiger partial charge on any atom is 0.321 e. The molecule has 0 aliphatic carbocycles. The molecule has 0 aromatic carbocycles. The number of aromatic nitrogens is 2. The zero-order chi connectivity index (χ0) is 18.5. The number of fused-ring (bicyclic) bond motifs is 1. The van der Waals surface area contributed by atoms with Crippen LogP contribution in [0.2, 0.25) is 0 Å². The zero-order valence-corrected chi connectivity index (χ0v) is 15.4. The fourth-order valence-corrected chi connectivity index (χ4v) is 3.69. The number of anilines is 2. The van der Waals surface area contributed by atoms with Gasteiger partial charge in [0, 0.05) is 37.6 Å². The molecule has 140 valence electrons. The fourth-order valence-electron chi connectivity index (χ4n) is 2.73. The number of nitrogens with zero attached hydrogens (tertiary/aromatic N) is 3. The summed E-state index contributed by atoms with van der Waals surface area (Å²) in [5, 5.41) is 18.1. The number of carbonyl (C=O) groups is 2. The quantitative estimate of drug-likeness (QED) is 0.597. The van der Waals surface area contributed by atoms with Gasteiger partial charge in [0.2, 0.25) is 5.95 Å². The lowest BCUT2D eigenvalue weighted by Crippen LogP contribution is -2.44. The Bertz CT molecular complexity index is 803. The van der Waals surface area contributed by atoms with E-state index in [1.54, 1.807) is 11.3 Å². The number of amides is 2. The maximum atomic E-state index is 12.0. The highest BCUT2D eigenvalue weighted by Crippen LogP contribution is 2.32. The van der Waals surface area contributed by atoms with Crippen molar-refractivity contribution in [3.8, 4) is 0 Å². The highest BCUT2D eigenvalue weighted by atomic mass is 32.1. The first-order chi connectivity index (χ1) is 12.6. The van der Waals surface area contributed by atoms with Crippen molar-refractivity contribution in [2.24, 2.45) is 0 Å². The summed E-state index contributed by atoms with van der Waals surface area (Å²) >= 11 is 1.60. The van der Waals surface area contributed by atoms with Crippen molar-refractivity contribution in [2.75, 3.05) is 42.9 Å². The van der Waals surface area contributed by atoms with Crippen LogP contribution < -0.4 is 20.9 Å². The van der Waals surface area contributed by atoms with Gasteiger partial charge in [-0.25, -0.2) is 9.78 Å². The summed E-state index contributed by atoms with van der Waals surface area (Å²) < 4.78 is 0. The molecule has 0 bridgehead atoms. The molecule has 2 amide bonds. The molecule has 2 aromatic rings. The number of carboxylic acid groups (broad SMARTS) is 1. The summed E-state index contributed by atoms with van der Waals surface area (Å²) in [7, 11) is 0. The van der Waals surface area contributed by atoms with Crippen LogP contribution in [-0.2, 0) is 11.2 Å². The lowest BCUT2D eigenvalue weighted by molar-refractivity contribution is -0.136. The summed E-state index contributed by atoms with van der Waals surface area (Å²) in [6, 6.07) is 1.61. The summed E-state index contributed by atoms with van der Waals surface area (Å²) in [4.78, 5) is 35.8. The van der Waals surface area contributed by atoms with Crippen LogP contribution in [0.1, 0.15) is 18.2 Å². The first-order valence-electron chi connectivity index (χ1n) is 8.59. The van der Waals surface area contributed by atoms with Gasteiger partial charge in [-0.3, -0.25) is 10.1 Å². The molecule has 10 heteroatoms. The van der Waals surface area contributed by atoms with Gasteiger partial charge in [0.15, 0.2) is 0 Å². The van der Waals surface area contributed by atoms with Gasteiger partial charge in [-0.15, -0.1) is 11.3 Å². The van der Waals surface area contributed by atoms with Crippen molar-refractivity contribution < 1.29 is 14.7 Å². The van der Waals surface area contributed by atoms with Gasteiger partial charge in [-0.1, -0.05) is 6.92 Å². The second-order valence-electron chi connectivity index (χ2n) is 5.92. The molecule has 3 heterocycles.